The van der Waals surface area contributed by atoms with Gasteiger partial charge < -0.3 is 9.47 Å². The summed E-state index contributed by atoms with van der Waals surface area (Å²) in [5.41, 5.74) is -0.0799. The molecule has 0 fully saturated rings. The smallest absolute Gasteiger partial charge is 0.337 e. The van der Waals surface area contributed by atoms with E-state index in [4.69, 9.17) is 9.47 Å². The van der Waals surface area contributed by atoms with Crippen LogP contribution in [0.2, 0.25) is 0 Å². The van der Waals surface area contributed by atoms with E-state index in [1.807, 2.05) is 30.3 Å². The summed E-state index contributed by atoms with van der Waals surface area (Å²) in [6.45, 7) is 1.71. The fourth-order valence-corrected chi connectivity index (χ4v) is 1.80. The molecule has 1 aromatic carbocycles. The summed E-state index contributed by atoms with van der Waals surface area (Å²) in [5, 5.41) is 0. The minimum absolute atomic E-state index is 0.393. The molecule has 16 heavy (non-hydrogen) atoms. The van der Waals surface area contributed by atoms with Crippen molar-refractivity contribution in [3.8, 4) is 0 Å². The number of ether oxygens (including phenoxy) is 2. The Morgan fingerprint density at radius 3 is 2.75 bits per heavy atom. The minimum Gasteiger partial charge on any atom is -0.472 e. The van der Waals surface area contributed by atoms with Crippen molar-refractivity contribution >= 4 is 12.4 Å². The highest BCUT2D eigenvalue weighted by Crippen LogP contribution is 2.36. The standard InChI is InChI=1S/C12H13NO3/c1-12(11(14)15-2)10(16-8-13-12)9-6-4-3-5-7-9/h3-8,10H,1-2H3/t10-,12-/m1/s1. The molecule has 1 aliphatic rings. The molecule has 0 bridgehead atoms. The zero-order valence-electron chi connectivity index (χ0n) is 9.21. The lowest BCUT2D eigenvalue weighted by atomic mass is 9.90. The van der Waals surface area contributed by atoms with Crippen LogP contribution in [-0.4, -0.2) is 25.0 Å². The number of hydrogen-bond acceptors (Lipinski definition) is 4. The molecule has 0 radical (unpaired) electrons. The molecule has 1 aliphatic heterocycles. The number of methoxy groups -OCH3 is 1. The Labute approximate surface area is 93.9 Å². The van der Waals surface area contributed by atoms with Crippen molar-refractivity contribution in [2.45, 2.75) is 18.6 Å². The molecule has 84 valence electrons. The van der Waals surface area contributed by atoms with Crippen LogP contribution >= 0.6 is 0 Å². The lowest BCUT2D eigenvalue weighted by Gasteiger charge is -2.24. The van der Waals surface area contributed by atoms with E-state index in [1.165, 1.54) is 13.5 Å². The Morgan fingerprint density at radius 1 is 1.44 bits per heavy atom. The quantitative estimate of drug-likeness (QED) is 0.711. The van der Waals surface area contributed by atoms with Gasteiger partial charge in [0.05, 0.1) is 7.11 Å². The lowest BCUT2D eigenvalue weighted by Crippen LogP contribution is -2.38. The van der Waals surface area contributed by atoms with Crippen LogP contribution in [0, 0.1) is 0 Å². The zero-order valence-corrected chi connectivity index (χ0v) is 9.21. The number of nitrogens with zero attached hydrogens (tertiary/aromatic N) is 1. The average Bonchev–Trinajstić information content (AvgIpc) is 2.72. The van der Waals surface area contributed by atoms with Crippen molar-refractivity contribution in [1.82, 2.24) is 0 Å². The van der Waals surface area contributed by atoms with Crippen molar-refractivity contribution in [3.63, 3.8) is 0 Å². The largest absolute Gasteiger partial charge is 0.472 e. The number of carbonyl (C=O) groups excluding carboxylic acids is 1. The molecule has 1 aromatic rings. The van der Waals surface area contributed by atoms with Crippen LogP contribution in [-0.2, 0) is 14.3 Å². The topological polar surface area (TPSA) is 47.9 Å². The second-order valence-corrected chi connectivity index (χ2v) is 3.80. The molecule has 2 atom stereocenters. The molecular weight excluding hydrogens is 206 g/mol. The van der Waals surface area contributed by atoms with Gasteiger partial charge in [0.15, 0.2) is 18.0 Å². The summed E-state index contributed by atoms with van der Waals surface area (Å²) in [5.74, 6) is -0.393. The van der Waals surface area contributed by atoms with Crippen LogP contribution in [0.25, 0.3) is 0 Å². The Bertz CT molecular complexity index is 416. The van der Waals surface area contributed by atoms with Crippen molar-refractivity contribution in [2.75, 3.05) is 7.11 Å². The van der Waals surface area contributed by atoms with Crippen LogP contribution in [0.3, 0.4) is 0 Å². The lowest BCUT2D eigenvalue weighted by molar-refractivity contribution is -0.149. The molecule has 0 unspecified atom stereocenters. The van der Waals surface area contributed by atoms with E-state index in [0.29, 0.717) is 0 Å². The summed E-state index contributed by atoms with van der Waals surface area (Å²) in [7, 11) is 1.35. The number of carbonyl (C=O) groups is 1. The van der Waals surface area contributed by atoms with Gasteiger partial charge in [0.25, 0.3) is 0 Å². The summed E-state index contributed by atoms with van der Waals surface area (Å²) in [6.07, 6.45) is 0.898. The minimum atomic E-state index is -0.990. The number of hydrogen-bond donors (Lipinski definition) is 0. The number of esters is 1. The maximum Gasteiger partial charge on any atom is 0.337 e. The molecular formula is C12H13NO3. The maximum atomic E-state index is 11.7. The van der Waals surface area contributed by atoms with Gasteiger partial charge in [0.1, 0.15) is 0 Å². The predicted octanol–water partition coefficient (Wildman–Crippen LogP) is 1.72. The van der Waals surface area contributed by atoms with Crippen molar-refractivity contribution in [1.29, 1.82) is 0 Å². The van der Waals surface area contributed by atoms with E-state index in [9.17, 15) is 4.79 Å². The SMILES string of the molecule is COC(=O)[C@]1(C)N=CO[C@@H]1c1ccccc1. The number of rotatable bonds is 2. The summed E-state index contributed by atoms with van der Waals surface area (Å²) < 4.78 is 10.1. The molecule has 0 saturated heterocycles. The van der Waals surface area contributed by atoms with Gasteiger partial charge in [-0.15, -0.1) is 0 Å². The first-order valence-electron chi connectivity index (χ1n) is 5.01. The number of aliphatic imine (C=N–C) groups is 1. The van der Waals surface area contributed by atoms with Gasteiger partial charge in [0, 0.05) is 0 Å². The van der Waals surface area contributed by atoms with E-state index in [0.717, 1.165) is 5.56 Å². The predicted molar refractivity (Wildman–Crippen MR) is 59.2 cm³/mol. The van der Waals surface area contributed by atoms with Gasteiger partial charge in [-0.05, 0) is 12.5 Å². The Kier molecular flexibility index (Phi) is 2.64. The normalized spacial score (nSPS) is 27.5. The summed E-state index contributed by atoms with van der Waals surface area (Å²) in [4.78, 5) is 15.8. The molecule has 2 rings (SSSR count). The molecule has 4 nitrogen and oxygen atoms in total. The highest BCUT2D eigenvalue weighted by Gasteiger charge is 2.47. The van der Waals surface area contributed by atoms with Crippen LogP contribution < -0.4 is 0 Å². The van der Waals surface area contributed by atoms with E-state index < -0.39 is 17.6 Å². The third-order valence-electron chi connectivity index (χ3n) is 2.73. The molecule has 0 aliphatic carbocycles. The van der Waals surface area contributed by atoms with Crippen molar-refractivity contribution in [3.05, 3.63) is 35.9 Å². The highest BCUT2D eigenvalue weighted by molar-refractivity contribution is 5.84. The Morgan fingerprint density at radius 2 is 2.12 bits per heavy atom. The van der Waals surface area contributed by atoms with Gasteiger partial charge in [-0.1, -0.05) is 30.3 Å². The highest BCUT2D eigenvalue weighted by atomic mass is 16.5. The number of benzene rings is 1. The van der Waals surface area contributed by atoms with E-state index in [-0.39, 0.29) is 0 Å². The fourth-order valence-electron chi connectivity index (χ4n) is 1.80. The van der Waals surface area contributed by atoms with Gasteiger partial charge in [-0.2, -0.15) is 0 Å². The van der Waals surface area contributed by atoms with Crippen molar-refractivity contribution < 1.29 is 14.3 Å². The maximum absolute atomic E-state index is 11.7. The first kappa shape index (κ1) is 10.7. The van der Waals surface area contributed by atoms with Gasteiger partial charge >= 0.3 is 5.97 Å². The van der Waals surface area contributed by atoms with Gasteiger partial charge in [-0.25, -0.2) is 9.79 Å². The summed E-state index contributed by atoms with van der Waals surface area (Å²) >= 11 is 0. The van der Waals surface area contributed by atoms with Crippen LogP contribution in [0.4, 0.5) is 0 Å². The third kappa shape index (κ3) is 1.56. The van der Waals surface area contributed by atoms with Gasteiger partial charge in [0.2, 0.25) is 0 Å². The van der Waals surface area contributed by atoms with E-state index >= 15 is 0 Å². The Hall–Kier alpha value is -1.84. The van der Waals surface area contributed by atoms with E-state index in [2.05, 4.69) is 4.99 Å². The molecule has 1 heterocycles. The van der Waals surface area contributed by atoms with Crippen LogP contribution in [0.1, 0.15) is 18.6 Å². The molecule has 0 saturated carbocycles. The second-order valence-electron chi connectivity index (χ2n) is 3.80. The molecule has 0 spiro atoms. The van der Waals surface area contributed by atoms with Crippen molar-refractivity contribution in [2.24, 2.45) is 4.99 Å². The third-order valence-corrected chi connectivity index (χ3v) is 2.73. The molecule has 0 amide bonds. The van der Waals surface area contributed by atoms with Gasteiger partial charge in [-0.3, -0.25) is 0 Å². The molecule has 4 heteroatoms. The first-order chi connectivity index (χ1) is 7.68. The summed E-state index contributed by atoms with van der Waals surface area (Å²) in [6, 6.07) is 9.51. The van der Waals surface area contributed by atoms with Crippen LogP contribution in [0.15, 0.2) is 35.3 Å². The fraction of sp³-hybridized carbons (Fsp3) is 0.333. The average molecular weight is 219 g/mol. The zero-order chi connectivity index (χ0) is 11.6. The molecule has 0 N–H and O–H groups in total. The first-order valence-corrected chi connectivity index (χ1v) is 5.01. The monoisotopic (exact) mass is 219 g/mol. The Balaban J connectivity index is 2.34. The van der Waals surface area contributed by atoms with E-state index in [1.54, 1.807) is 6.92 Å². The van der Waals surface area contributed by atoms with Crippen LogP contribution in [0.5, 0.6) is 0 Å². The second kappa shape index (κ2) is 3.96. The molecule has 0 aromatic heterocycles.